The summed E-state index contributed by atoms with van der Waals surface area (Å²) in [5.41, 5.74) is 11.3. The van der Waals surface area contributed by atoms with Gasteiger partial charge in [0, 0.05) is 27.7 Å². The number of thiocarbonyl (C=S) groups is 1. The number of carbonyl (C=O) groups excluding carboxylic acids is 5. The highest BCUT2D eigenvalue weighted by molar-refractivity contribution is 7.80. The topological polar surface area (TPSA) is 237 Å². The van der Waals surface area contributed by atoms with Gasteiger partial charge < -0.3 is 39.3 Å². The summed E-state index contributed by atoms with van der Waals surface area (Å²) in [5.74, 6) is -3.41. The zero-order chi connectivity index (χ0) is 30.3. The van der Waals surface area contributed by atoms with Gasteiger partial charge in [-0.25, -0.2) is 15.0 Å². The SMILES string of the molecule is CC(=O)OC[C@H]1O[C@@H](NC(=S)NNC(=O)Cn2cnc3c(N)ncnc32)[C@H](OC(C)=O)[C@@H](OC(C)=O)[C@@H]1OC(C)=O. The number of aromatic nitrogens is 4. The number of amides is 1. The maximum atomic E-state index is 12.5. The number of ether oxygens (including phenoxy) is 5. The molecule has 0 aliphatic carbocycles. The van der Waals surface area contributed by atoms with Gasteiger partial charge >= 0.3 is 23.9 Å². The Morgan fingerprint density at radius 3 is 2.20 bits per heavy atom. The highest BCUT2D eigenvalue weighted by Crippen LogP contribution is 2.28. The summed E-state index contributed by atoms with van der Waals surface area (Å²) in [5, 5.41) is 2.49. The molecule has 3 rings (SSSR count). The van der Waals surface area contributed by atoms with Crippen LogP contribution in [0.25, 0.3) is 11.2 Å². The van der Waals surface area contributed by atoms with Gasteiger partial charge in [0.05, 0.1) is 6.33 Å². The molecule has 18 nitrogen and oxygen atoms in total. The summed E-state index contributed by atoms with van der Waals surface area (Å²) in [6.45, 7) is 3.82. The minimum absolute atomic E-state index is 0.155. The van der Waals surface area contributed by atoms with Gasteiger partial charge in [0.15, 0.2) is 41.1 Å². The number of nitrogens with zero attached hydrogens (tertiary/aromatic N) is 4. The fourth-order valence-electron chi connectivity index (χ4n) is 3.85. The minimum atomic E-state index is -1.40. The Kier molecular flexibility index (Phi) is 10.3. The molecule has 5 atom stereocenters. The van der Waals surface area contributed by atoms with Crippen LogP contribution in [0.5, 0.6) is 0 Å². The van der Waals surface area contributed by atoms with Crippen molar-refractivity contribution in [1.29, 1.82) is 0 Å². The standard InChI is InChI=1S/C22H28N8O10S/c1-9(31)36-6-13-16(37-10(2)32)17(38-11(3)33)18(39-12(4)34)21(40-13)27-22(41)29-28-14(35)5-30-8-26-15-19(23)24-7-25-20(15)30/h7-8,13,16-18,21H,5-6H2,1-4H3,(H,28,35)(H2,23,24,25)(H2,27,29,41)/t13-,16-,17+,18-,21-/m1/s1. The molecular formula is C22H28N8O10S. The molecule has 2 aromatic rings. The third-order valence-corrected chi connectivity index (χ3v) is 5.54. The van der Waals surface area contributed by atoms with Gasteiger partial charge in [-0.05, 0) is 12.2 Å². The van der Waals surface area contributed by atoms with Crippen LogP contribution in [-0.4, -0.2) is 91.7 Å². The van der Waals surface area contributed by atoms with Gasteiger partial charge in [-0.3, -0.25) is 34.8 Å². The second-order valence-corrected chi connectivity index (χ2v) is 8.98. The number of hydrazine groups is 1. The van der Waals surface area contributed by atoms with Crippen molar-refractivity contribution >= 4 is 64.1 Å². The summed E-state index contributed by atoms with van der Waals surface area (Å²) < 4.78 is 28.3. The first-order chi connectivity index (χ1) is 19.3. The van der Waals surface area contributed by atoms with Gasteiger partial charge in [0.1, 0.15) is 31.1 Å². The molecule has 0 unspecified atom stereocenters. The number of nitrogens with two attached hydrogens (primary N) is 1. The Labute approximate surface area is 237 Å². The molecule has 1 amide bonds. The summed E-state index contributed by atoms with van der Waals surface area (Å²) in [7, 11) is 0. The largest absolute Gasteiger partial charge is 0.463 e. The fraction of sp³-hybridized carbons (Fsp3) is 0.500. The van der Waals surface area contributed by atoms with Crippen molar-refractivity contribution in [2.24, 2.45) is 0 Å². The number of rotatable bonds is 8. The zero-order valence-electron chi connectivity index (χ0n) is 22.3. The van der Waals surface area contributed by atoms with Gasteiger partial charge in [-0.15, -0.1) is 0 Å². The van der Waals surface area contributed by atoms with Crippen LogP contribution in [0.2, 0.25) is 0 Å². The normalized spacial score (nSPS) is 21.7. The second kappa shape index (κ2) is 13.6. The van der Waals surface area contributed by atoms with Crippen LogP contribution in [0.1, 0.15) is 27.7 Å². The number of nitrogens with one attached hydrogen (secondary N) is 3. The van der Waals surface area contributed by atoms with Crippen LogP contribution in [0.15, 0.2) is 12.7 Å². The number of hydrogen-bond acceptors (Lipinski definition) is 15. The second-order valence-electron chi connectivity index (χ2n) is 8.57. The molecule has 0 bridgehead atoms. The Morgan fingerprint density at radius 2 is 1.56 bits per heavy atom. The monoisotopic (exact) mass is 596 g/mol. The van der Waals surface area contributed by atoms with Crippen molar-refractivity contribution < 1.29 is 47.7 Å². The Bertz CT molecular complexity index is 1340. The van der Waals surface area contributed by atoms with E-state index in [1.807, 2.05) is 0 Å². The molecule has 1 aliphatic rings. The number of imidazole rings is 1. The Balaban J connectivity index is 1.74. The van der Waals surface area contributed by atoms with Crippen molar-refractivity contribution in [3.8, 4) is 0 Å². The predicted molar refractivity (Wildman–Crippen MR) is 139 cm³/mol. The smallest absolute Gasteiger partial charge is 0.303 e. The van der Waals surface area contributed by atoms with E-state index in [0.29, 0.717) is 11.2 Å². The van der Waals surface area contributed by atoms with Crippen molar-refractivity contribution in [1.82, 2.24) is 35.7 Å². The Hall–Kier alpha value is -4.65. The number of nitrogen functional groups attached to an aromatic ring is 1. The first-order valence-corrected chi connectivity index (χ1v) is 12.3. The molecule has 1 saturated heterocycles. The molecule has 0 radical (unpaired) electrons. The van der Waals surface area contributed by atoms with Crippen molar-refractivity contribution in [2.45, 2.75) is 64.9 Å². The maximum absolute atomic E-state index is 12.5. The van der Waals surface area contributed by atoms with E-state index in [0.717, 1.165) is 27.7 Å². The van der Waals surface area contributed by atoms with Gasteiger partial charge in [0.25, 0.3) is 5.91 Å². The number of esters is 4. The lowest BCUT2D eigenvalue weighted by molar-refractivity contribution is -0.254. The van der Waals surface area contributed by atoms with Gasteiger partial charge in [-0.1, -0.05) is 0 Å². The van der Waals surface area contributed by atoms with E-state index in [2.05, 4.69) is 31.1 Å². The average molecular weight is 597 g/mol. The molecule has 3 heterocycles. The van der Waals surface area contributed by atoms with Gasteiger partial charge in [-0.2, -0.15) is 0 Å². The Morgan fingerprint density at radius 1 is 0.927 bits per heavy atom. The lowest BCUT2D eigenvalue weighted by atomic mass is 9.97. The predicted octanol–water partition coefficient (Wildman–Crippen LogP) is -2.01. The van der Waals surface area contributed by atoms with Crippen LogP contribution >= 0.6 is 12.2 Å². The van der Waals surface area contributed by atoms with Gasteiger partial charge in [0.2, 0.25) is 0 Å². The third-order valence-electron chi connectivity index (χ3n) is 5.32. The number of hydrogen-bond donors (Lipinski definition) is 4. The zero-order valence-corrected chi connectivity index (χ0v) is 23.1. The van der Waals surface area contributed by atoms with E-state index >= 15 is 0 Å². The quantitative estimate of drug-likeness (QED) is 0.111. The van der Waals surface area contributed by atoms with E-state index in [1.54, 1.807) is 0 Å². The molecule has 41 heavy (non-hydrogen) atoms. The van der Waals surface area contributed by atoms with Crippen molar-refractivity contribution in [3.05, 3.63) is 12.7 Å². The number of anilines is 1. The van der Waals surface area contributed by atoms with E-state index in [9.17, 15) is 24.0 Å². The summed E-state index contributed by atoms with van der Waals surface area (Å²) >= 11 is 5.24. The number of carbonyl (C=O) groups is 5. The first-order valence-electron chi connectivity index (χ1n) is 11.9. The fourth-order valence-corrected chi connectivity index (χ4v) is 4.01. The molecule has 222 valence electrons. The molecule has 1 aliphatic heterocycles. The summed E-state index contributed by atoms with van der Waals surface area (Å²) in [4.78, 5) is 71.6. The van der Waals surface area contributed by atoms with Crippen molar-refractivity contribution in [2.75, 3.05) is 12.3 Å². The molecule has 19 heteroatoms. The highest BCUT2D eigenvalue weighted by Gasteiger charge is 2.52. The van der Waals surface area contributed by atoms with E-state index in [4.69, 9.17) is 41.6 Å². The highest BCUT2D eigenvalue weighted by atomic mass is 32.1. The molecule has 0 spiro atoms. The van der Waals surface area contributed by atoms with E-state index in [1.165, 1.54) is 17.2 Å². The maximum Gasteiger partial charge on any atom is 0.303 e. The van der Waals surface area contributed by atoms with Crippen LogP contribution < -0.4 is 21.9 Å². The average Bonchev–Trinajstić information content (AvgIpc) is 3.28. The molecule has 0 saturated carbocycles. The lowest BCUT2D eigenvalue weighted by Crippen LogP contribution is -2.67. The van der Waals surface area contributed by atoms with Crippen LogP contribution in [0, 0.1) is 0 Å². The molecule has 5 N–H and O–H groups in total. The molecule has 1 fully saturated rings. The van der Waals surface area contributed by atoms with E-state index < -0.39 is 67.0 Å². The molecule has 0 aromatic carbocycles. The van der Waals surface area contributed by atoms with E-state index in [-0.39, 0.29) is 17.5 Å². The molecular weight excluding hydrogens is 568 g/mol. The lowest BCUT2D eigenvalue weighted by Gasteiger charge is -2.44. The molecule has 2 aromatic heterocycles. The first kappa shape index (κ1) is 30.9. The summed E-state index contributed by atoms with van der Waals surface area (Å²) in [6, 6.07) is 0. The van der Waals surface area contributed by atoms with Crippen LogP contribution in [0.4, 0.5) is 5.82 Å². The number of fused-ring (bicyclic) bond motifs is 1. The van der Waals surface area contributed by atoms with Crippen LogP contribution in [0.3, 0.4) is 0 Å². The summed E-state index contributed by atoms with van der Waals surface area (Å²) in [6.07, 6.45) is -4.03. The van der Waals surface area contributed by atoms with Crippen molar-refractivity contribution in [3.63, 3.8) is 0 Å². The van der Waals surface area contributed by atoms with Crippen LogP contribution in [-0.2, 0) is 54.2 Å². The minimum Gasteiger partial charge on any atom is -0.463 e. The third kappa shape index (κ3) is 8.42.